The summed E-state index contributed by atoms with van der Waals surface area (Å²) in [6, 6.07) is 0. The number of esters is 4. The number of aliphatic carboxylic acids is 1. The molecule has 8 unspecified atom stereocenters. The van der Waals surface area contributed by atoms with Gasteiger partial charge in [-0.2, -0.15) is 0 Å². The van der Waals surface area contributed by atoms with Crippen LogP contribution >= 0.6 is 0 Å². The van der Waals surface area contributed by atoms with E-state index in [1.807, 2.05) is 0 Å². The number of hydrogen-bond acceptors (Lipinski definition) is 14. The van der Waals surface area contributed by atoms with Gasteiger partial charge in [0.2, 0.25) is 0 Å². The third kappa shape index (κ3) is 13.0. The Balaban J connectivity index is 0.000000347. The highest BCUT2D eigenvalue weighted by Crippen LogP contribution is 2.31. The van der Waals surface area contributed by atoms with Crippen LogP contribution < -0.4 is 0 Å². The molecule has 0 aromatic heterocycles. The zero-order valence-electron chi connectivity index (χ0n) is 27.2. The molecule has 4 heterocycles. The van der Waals surface area contributed by atoms with Crippen LogP contribution in [0.4, 0.5) is 0 Å². The van der Waals surface area contributed by atoms with Gasteiger partial charge in [0.25, 0.3) is 0 Å². The predicted molar refractivity (Wildman–Crippen MR) is 164 cm³/mol. The third-order valence-electron chi connectivity index (χ3n) is 6.42. The summed E-state index contributed by atoms with van der Waals surface area (Å²) in [7, 11) is 0. The molecule has 4 fully saturated rings. The molecule has 15 nitrogen and oxygen atoms in total. The van der Waals surface area contributed by atoms with Crippen molar-refractivity contribution in [1.29, 1.82) is 0 Å². The summed E-state index contributed by atoms with van der Waals surface area (Å²) in [6.07, 6.45) is -3.53. The highest BCUT2D eigenvalue weighted by atomic mass is 16.7. The van der Waals surface area contributed by atoms with E-state index in [0.717, 1.165) is 0 Å². The van der Waals surface area contributed by atoms with E-state index >= 15 is 0 Å². The standard InChI is InChI=1S/C14H18O6.C8H10O3.C6H10O4.C4H6O2/c1-7(2)13(15)19-9-5-17-12-10(6-18-11(9)12)20-14(16)8(3)4;1-5(2)7(9)11-8(10)6(3)4;7-3-1-9-6-4(8)2-10-5(3)6;1-3(2)4(5)6/h9-12H,1,3,5-6H2,2,4H3;1,3H2,2,4H3;3-8H,1-2H2;1H2,2H3,(H,5,6). The summed E-state index contributed by atoms with van der Waals surface area (Å²) < 4.78 is 36.0. The van der Waals surface area contributed by atoms with Crippen molar-refractivity contribution in [3.05, 3.63) is 60.8 Å². The lowest BCUT2D eigenvalue weighted by Crippen LogP contribution is -2.36. The number of carbonyl (C=O) groups is 5. The van der Waals surface area contributed by atoms with E-state index in [0.29, 0.717) is 11.1 Å². The maximum absolute atomic E-state index is 11.5. The average molecular weight is 669 g/mol. The van der Waals surface area contributed by atoms with Crippen LogP contribution in [-0.2, 0) is 57.1 Å². The molecule has 3 N–H and O–H groups in total. The Morgan fingerprint density at radius 3 is 1.04 bits per heavy atom. The second-order valence-electron chi connectivity index (χ2n) is 11.1. The number of aliphatic hydroxyl groups is 2. The van der Waals surface area contributed by atoms with E-state index in [9.17, 15) is 24.0 Å². The summed E-state index contributed by atoms with van der Waals surface area (Å²) >= 11 is 0. The van der Waals surface area contributed by atoms with Crippen molar-refractivity contribution in [3.8, 4) is 0 Å². The minimum Gasteiger partial charge on any atom is -0.478 e. The van der Waals surface area contributed by atoms with Crippen LogP contribution in [0.15, 0.2) is 60.8 Å². The van der Waals surface area contributed by atoms with Gasteiger partial charge < -0.3 is 48.5 Å². The maximum Gasteiger partial charge on any atom is 0.340 e. The van der Waals surface area contributed by atoms with Crippen molar-refractivity contribution < 1.29 is 72.5 Å². The van der Waals surface area contributed by atoms with Crippen LogP contribution in [0.2, 0.25) is 0 Å². The zero-order valence-corrected chi connectivity index (χ0v) is 27.2. The predicted octanol–water partition coefficient (Wildman–Crippen LogP) is 1.12. The number of hydrogen-bond donors (Lipinski definition) is 3. The lowest BCUT2D eigenvalue weighted by Gasteiger charge is -2.17. The minimum absolute atomic E-state index is 0.176. The first-order valence-corrected chi connectivity index (χ1v) is 14.3. The Morgan fingerprint density at radius 2 is 0.787 bits per heavy atom. The van der Waals surface area contributed by atoms with Crippen molar-refractivity contribution in [2.45, 2.75) is 83.5 Å². The fourth-order valence-electron chi connectivity index (χ4n) is 3.82. The largest absolute Gasteiger partial charge is 0.478 e. The Hall–Kier alpha value is -3.99. The van der Waals surface area contributed by atoms with Crippen LogP contribution in [0.25, 0.3) is 0 Å². The van der Waals surface area contributed by atoms with Gasteiger partial charge in [0.15, 0.2) is 12.2 Å². The monoisotopic (exact) mass is 668 g/mol. The van der Waals surface area contributed by atoms with E-state index in [1.54, 1.807) is 13.8 Å². The lowest BCUT2D eigenvalue weighted by atomic mass is 10.1. The summed E-state index contributed by atoms with van der Waals surface area (Å²) in [5.41, 5.74) is 1.20. The Labute approximate surface area is 273 Å². The normalized spacial score (nSPS) is 27.7. The molecule has 0 bridgehead atoms. The summed E-state index contributed by atoms with van der Waals surface area (Å²) in [5, 5.41) is 26.2. The van der Waals surface area contributed by atoms with Crippen molar-refractivity contribution in [1.82, 2.24) is 0 Å². The molecule has 15 heteroatoms. The number of carboxylic acids is 1. The second-order valence-corrected chi connectivity index (χ2v) is 11.1. The van der Waals surface area contributed by atoms with Gasteiger partial charge in [-0.1, -0.05) is 32.9 Å². The second kappa shape index (κ2) is 19.0. The summed E-state index contributed by atoms with van der Waals surface area (Å²) in [5.74, 6) is -3.32. The Bertz CT molecular complexity index is 1160. The van der Waals surface area contributed by atoms with E-state index in [1.165, 1.54) is 20.8 Å². The van der Waals surface area contributed by atoms with Gasteiger partial charge in [-0.05, 0) is 34.6 Å². The van der Waals surface area contributed by atoms with Gasteiger partial charge in [-0.3, -0.25) is 0 Å². The topological polar surface area (TPSA) is 211 Å². The third-order valence-corrected chi connectivity index (χ3v) is 6.42. The SMILES string of the molecule is C=C(C)C(=O)O.C=C(C)C(=O)OC(=O)C(=C)C.C=C(C)C(=O)OC1COC2C(OC(=O)C(=C)C)COC12.OC1COC2C(O)COC12. The quantitative estimate of drug-likeness (QED) is 0.150. The average Bonchev–Trinajstić information content (AvgIpc) is 3.75. The van der Waals surface area contributed by atoms with Crippen LogP contribution in [0.5, 0.6) is 0 Å². The first kappa shape index (κ1) is 41.0. The first-order valence-electron chi connectivity index (χ1n) is 14.3. The van der Waals surface area contributed by atoms with E-state index in [-0.39, 0.29) is 55.4 Å². The molecule has 0 aromatic rings. The summed E-state index contributed by atoms with van der Waals surface area (Å²) in [6.45, 7) is 25.3. The Kier molecular flexibility index (Phi) is 16.6. The number of rotatable bonds is 7. The molecule has 262 valence electrons. The fraction of sp³-hybridized carbons (Fsp3) is 0.531. The molecule has 0 spiro atoms. The van der Waals surface area contributed by atoms with Gasteiger partial charge in [0.05, 0.1) is 26.4 Å². The smallest absolute Gasteiger partial charge is 0.340 e. The van der Waals surface area contributed by atoms with Crippen molar-refractivity contribution in [2.75, 3.05) is 26.4 Å². The molecular weight excluding hydrogens is 624 g/mol. The van der Waals surface area contributed by atoms with Crippen LogP contribution in [-0.4, -0.2) is 120 Å². The van der Waals surface area contributed by atoms with Crippen molar-refractivity contribution in [2.24, 2.45) is 0 Å². The molecule has 0 aromatic carbocycles. The molecule has 8 atom stereocenters. The van der Waals surface area contributed by atoms with Gasteiger partial charge in [-0.25, -0.2) is 24.0 Å². The van der Waals surface area contributed by atoms with Crippen molar-refractivity contribution >= 4 is 29.8 Å². The van der Waals surface area contributed by atoms with Crippen molar-refractivity contribution in [3.63, 3.8) is 0 Å². The van der Waals surface area contributed by atoms with E-state index < -0.39 is 66.5 Å². The van der Waals surface area contributed by atoms with E-state index in [4.69, 9.17) is 43.7 Å². The zero-order chi connectivity index (χ0) is 36.2. The highest BCUT2D eigenvalue weighted by molar-refractivity contribution is 6.00. The molecule has 0 radical (unpaired) electrons. The highest BCUT2D eigenvalue weighted by Gasteiger charge is 2.51. The number of fused-ring (bicyclic) bond motifs is 2. The van der Waals surface area contributed by atoms with Crippen LogP contribution in [0, 0.1) is 0 Å². The number of aliphatic hydroxyl groups excluding tert-OH is 2. The molecule has 0 saturated carbocycles. The van der Waals surface area contributed by atoms with Gasteiger partial charge >= 0.3 is 29.8 Å². The molecular formula is C32H44O15. The summed E-state index contributed by atoms with van der Waals surface area (Å²) in [4.78, 5) is 54.0. The van der Waals surface area contributed by atoms with Crippen LogP contribution in [0.3, 0.4) is 0 Å². The molecule has 0 aliphatic carbocycles. The fourth-order valence-corrected chi connectivity index (χ4v) is 3.82. The first-order chi connectivity index (χ1) is 21.8. The van der Waals surface area contributed by atoms with E-state index in [2.05, 4.69) is 37.6 Å². The lowest BCUT2D eigenvalue weighted by molar-refractivity contribution is -0.154. The molecule has 0 amide bonds. The molecule has 4 saturated heterocycles. The Morgan fingerprint density at radius 1 is 0.511 bits per heavy atom. The van der Waals surface area contributed by atoms with Gasteiger partial charge in [-0.15, -0.1) is 0 Å². The minimum atomic E-state index is -0.935. The molecule has 4 rings (SSSR count). The number of ether oxygens (including phenoxy) is 7. The molecule has 4 aliphatic rings. The van der Waals surface area contributed by atoms with Crippen LogP contribution in [0.1, 0.15) is 34.6 Å². The van der Waals surface area contributed by atoms with Gasteiger partial charge in [0, 0.05) is 27.9 Å². The molecule has 4 aliphatic heterocycles. The maximum atomic E-state index is 11.5. The number of carboxylic acid groups (broad SMARTS) is 1. The van der Waals surface area contributed by atoms with Gasteiger partial charge in [0.1, 0.15) is 36.6 Å². The number of carbonyl (C=O) groups excluding carboxylic acids is 4. The molecule has 47 heavy (non-hydrogen) atoms.